The number of benzene rings is 1. The Hall–Kier alpha value is -2.65. The molecule has 3 aromatic heterocycles. The van der Waals surface area contributed by atoms with Gasteiger partial charge < -0.3 is 5.32 Å². The van der Waals surface area contributed by atoms with E-state index in [2.05, 4.69) is 19.0 Å². The molecule has 1 aromatic carbocycles. The van der Waals surface area contributed by atoms with Crippen LogP contribution >= 0.6 is 23.1 Å². The second-order valence-electron chi connectivity index (χ2n) is 5.63. The van der Waals surface area contributed by atoms with Crippen molar-refractivity contribution in [3.63, 3.8) is 0 Å². The third-order valence-electron chi connectivity index (χ3n) is 4.03. The van der Waals surface area contributed by atoms with E-state index in [-0.39, 0.29) is 18.0 Å². The highest BCUT2D eigenvalue weighted by atomic mass is 32.1. The molecule has 0 aliphatic carbocycles. The normalized spacial score (nSPS) is 11.3. The predicted molar refractivity (Wildman–Crippen MR) is 99.4 cm³/mol. The highest BCUT2D eigenvalue weighted by Crippen LogP contribution is 2.25. The van der Waals surface area contributed by atoms with Gasteiger partial charge in [0.1, 0.15) is 22.4 Å². The Kier molecular flexibility index (Phi) is 3.81. The van der Waals surface area contributed by atoms with E-state index >= 15 is 0 Å². The van der Waals surface area contributed by atoms with Gasteiger partial charge in [0, 0.05) is 4.88 Å². The molecule has 0 radical (unpaired) electrons. The van der Waals surface area contributed by atoms with Crippen LogP contribution in [0.1, 0.15) is 10.4 Å². The molecule has 0 atom stereocenters. The first-order chi connectivity index (χ1) is 12.0. The Morgan fingerprint density at radius 3 is 2.96 bits per heavy atom. The van der Waals surface area contributed by atoms with E-state index in [1.165, 1.54) is 22.2 Å². The molecular formula is C16H13N5O2S2. The Morgan fingerprint density at radius 2 is 2.12 bits per heavy atom. The molecule has 4 aromatic rings. The van der Waals surface area contributed by atoms with Crippen molar-refractivity contribution in [2.24, 2.45) is 0 Å². The lowest BCUT2D eigenvalue weighted by atomic mass is 10.2. The minimum atomic E-state index is -0.312. The molecule has 1 amide bonds. The molecule has 0 aliphatic rings. The highest BCUT2D eigenvalue weighted by Gasteiger charge is 2.14. The van der Waals surface area contributed by atoms with E-state index in [0.717, 1.165) is 27.7 Å². The van der Waals surface area contributed by atoms with E-state index in [1.807, 2.05) is 19.9 Å². The standard InChI is InChI=1S/C16H13N5O2S2/c1-8-9(2)24-15-13(8)16(23)21(7-17-15)6-12(22)18-10-4-3-5-11-14(10)20-25-19-11/h3-5,7H,6H2,1-2H3,(H,18,22). The number of hydrogen-bond donors (Lipinski definition) is 1. The number of fused-ring (bicyclic) bond motifs is 2. The maximum atomic E-state index is 12.7. The van der Waals surface area contributed by atoms with Crippen LogP contribution in [0.25, 0.3) is 21.3 Å². The van der Waals surface area contributed by atoms with Crippen LogP contribution in [0.15, 0.2) is 29.3 Å². The van der Waals surface area contributed by atoms with Gasteiger partial charge in [-0.1, -0.05) is 6.07 Å². The number of rotatable bonds is 3. The Morgan fingerprint density at radius 1 is 1.28 bits per heavy atom. The van der Waals surface area contributed by atoms with Gasteiger partial charge in [0.15, 0.2) is 0 Å². The molecule has 0 unspecified atom stereocenters. The van der Waals surface area contributed by atoms with Crippen LogP contribution in [0.5, 0.6) is 0 Å². The van der Waals surface area contributed by atoms with E-state index in [9.17, 15) is 9.59 Å². The van der Waals surface area contributed by atoms with Crippen molar-refractivity contribution >= 4 is 55.9 Å². The average Bonchev–Trinajstić information content (AvgIpc) is 3.17. The molecule has 1 N–H and O–H groups in total. The predicted octanol–water partition coefficient (Wildman–Crippen LogP) is 2.72. The zero-order valence-corrected chi connectivity index (χ0v) is 15.1. The summed E-state index contributed by atoms with van der Waals surface area (Å²) in [5.41, 5.74) is 2.68. The third kappa shape index (κ3) is 2.71. The summed E-state index contributed by atoms with van der Waals surface area (Å²) in [6.45, 7) is 3.75. The summed E-state index contributed by atoms with van der Waals surface area (Å²) in [5, 5.41) is 3.38. The highest BCUT2D eigenvalue weighted by molar-refractivity contribution is 7.18. The molecule has 126 valence electrons. The first-order valence-electron chi connectivity index (χ1n) is 7.51. The zero-order valence-electron chi connectivity index (χ0n) is 13.4. The lowest BCUT2D eigenvalue weighted by Gasteiger charge is -2.07. The Labute approximate surface area is 150 Å². The number of carbonyl (C=O) groups is 1. The molecule has 0 fully saturated rings. The van der Waals surface area contributed by atoms with Crippen LogP contribution in [0.3, 0.4) is 0 Å². The van der Waals surface area contributed by atoms with Crippen molar-refractivity contribution in [2.75, 3.05) is 5.32 Å². The molecule has 9 heteroatoms. The summed E-state index contributed by atoms with van der Waals surface area (Å²) in [4.78, 5) is 31.1. The number of thiophene rings is 1. The molecule has 25 heavy (non-hydrogen) atoms. The van der Waals surface area contributed by atoms with Crippen LogP contribution in [0.4, 0.5) is 5.69 Å². The molecule has 0 bridgehead atoms. The lowest BCUT2D eigenvalue weighted by molar-refractivity contribution is -0.116. The first-order valence-corrected chi connectivity index (χ1v) is 9.05. The van der Waals surface area contributed by atoms with Crippen molar-refractivity contribution in [1.82, 2.24) is 18.3 Å². The minimum absolute atomic E-state index is 0.107. The fourth-order valence-corrected chi connectivity index (χ4v) is 4.17. The van der Waals surface area contributed by atoms with Crippen LogP contribution in [-0.2, 0) is 11.3 Å². The van der Waals surface area contributed by atoms with E-state index < -0.39 is 0 Å². The van der Waals surface area contributed by atoms with Crippen molar-refractivity contribution in [2.45, 2.75) is 20.4 Å². The van der Waals surface area contributed by atoms with Crippen LogP contribution in [0.2, 0.25) is 0 Å². The topological polar surface area (TPSA) is 89.8 Å². The van der Waals surface area contributed by atoms with E-state index in [0.29, 0.717) is 21.4 Å². The van der Waals surface area contributed by atoms with Gasteiger partial charge in [-0.3, -0.25) is 14.2 Å². The van der Waals surface area contributed by atoms with Crippen LogP contribution in [-0.4, -0.2) is 24.2 Å². The Bertz CT molecular complexity index is 1170. The third-order valence-corrected chi connectivity index (χ3v) is 5.69. The fourth-order valence-electron chi connectivity index (χ4n) is 2.63. The quantitative estimate of drug-likeness (QED) is 0.598. The first kappa shape index (κ1) is 15.9. The molecular weight excluding hydrogens is 358 g/mol. The molecule has 0 saturated carbocycles. The smallest absolute Gasteiger partial charge is 0.262 e. The average molecular weight is 371 g/mol. The number of carbonyl (C=O) groups excluding carboxylic acids is 1. The summed E-state index contributed by atoms with van der Waals surface area (Å²) in [7, 11) is 0. The number of nitrogens with zero attached hydrogens (tertiary/aromatic N) is 4. The van der Waals surface area contributed by atoms with Gasteiger partial charge in [0.2, 0.25) is 5.91 Å². The van der Waals surface area contributed by atoms with E-state index in [4.69, 9.17) is 0 Å². The van der Waals surface area contributed by atoms with Crippen LogP contribution in [0, 0.1) is 13.8 Å². The molecule has 0 spiro atoms. The maximum Gasteiger partial charge on any atom is 0.262 e. The van der Waals surface area contributed by atoms with Gasteiger partial charge in [-0.25, -0.2) is 4.98 Å². The Balaban J connectivity index is 1.64. The van der Waals surface area contributed by atoms with Gasteiger partial charge >= 0.3 is 0 Å². The number of aryl methyl sites for hydroxylation is 2. The lowest BCUT2D eigenvalue weighted by Crippen LogP contribution is -2.27. The SMILES string of the molecule is Cc1sc2ncn(CC(=O)Nc3cccc4nsnc34)c(=O)c2c1C. The summed E-state index contributed by atoms with van der Waals surface area (Å²) >= 11 is 2.58. The molecule has 0 aliphatic heterocycles. The van der Waals surface area contributed by atoms with Crippen molar-refractivity contribution in [3.05, 3.63) is 45.3 Å². The summed E-state index contributed by atoms with van der Waals surface area (Å²) in [6.07, 6.45) is 1.42. The summed E-state index contributed by atoms with van der Waals surface area (Å²) in [5.74, 6) is -0.312. The van der Waals surface area contributed by atoms with Crippen LogP contribution < -0.4 is 10.9 Å². The second-order valence-corrected chi connectivity index (χ2v) is 7.36. The number of amides is 1. The molecule has 3 heterocycles. The summed E-state index contributed by atoms with van der Waals surface area (Å²) in [6, 6.07) is 5.40. The van der Waals surface area contributed by atoms with Crippen molar-refractivity contribution < 1.29 is 4.79 Å². The molecule has 7 nitrogen and oxygen atoms in total. The monoisotopic (exact) mass is 371 g/mol. The number of nitrogens with one attached hydrogen (secondary N) is 1. The minimum Gasteiger partial charge on any atom is -0.323 e. The number of hydrogen-bond acceptors (Lipinski definition) is 7. The van der Waals surface area contributed by atoms with E-state index in [1.54, 1.807) is 12.1 Å². The maximum absolute atomic E-state index is 12.7. The molecule has 4 rings (SSSR count). The largest absolute Gasteiger partial charge is 0.323 e. The van der Waals surface area contributed by atoms with Gasteiger partial charge in [-0.05, 0) is 31.5 Å². The fraction of sp³-hybridized carbons (Fsp3) is 0.188. The van der Waals surface area contributed by atoms with Crippen molar-refractivity contribution in [1.29, 1.82) is 0 Å². The zero-order chi connectivity index (χ0) is 17.6. The number of aromatic nitrogens is 4. The van der Waals surface area contributed by atoms with Crippen molar-refractivity contribution in [3.8, 4) is 0 Å². The second kappa shape index (κ2) is 6.01. The van der Waals surface area contributed by atoms with Gasteiger partial charge in [0.05, 0.1) is 29.1 Å². The molecule has 0 saturated heterocycles. The van der Waals surface area contributed by atoms with Gasteiger partial charge in [0.25, 0.3) is 5.56 Å². The van der Waals surface area contributed by atoms with Gasteiger partial charge in [-0.2, -0.15) is 8.75 Å². The summed E-state index contributed by atoms with van der Waals surface area (Å²) < 4.78 is 9.66. The number of anilines is 1. The van der Waals surface area contributed by atoms with Gasteiger partial charge in [-0.15, -0.1) is 11.3 Å².